The van der Waals surface area contributed by atoms with E-state index in [-0.39, 0.29) is 0 Å². The zero-order chi connectivity index (χ0) is 9.68. The Kier molecular flexibility index (Phi) is 3.44. The molecule has 0 radical (unpaired) electrons. The molecule has 0 aromatic heterocycles. The molecule has 0 atom stereocenters. The van der Waals surface area contributed by atoms with E-state index in [9.17, 15) is 4.79 Å². The molecule has 0 heterocycles. The predicted octanol–water partition coefficient (Wildman–Crippen LogP) is 3.09. The van der Waals surface area contributed by atoms with Gasteiger partial charge in [0.1, 0.15) is 6.29 Å². The Bertz CT molecular complexity index is 324. The van der Waals surface area contributed by atoms with Gasteiger partial charge in [0.05, 0.1) is 0 Å². The molecule has 2 rings (SSSR count). The van der Waals surface area contributed by atoms with Crippen molar-refractivity contribution >= 4 is 12.4 Å². The Balaban J connectivity index is 0.000000396. The Labute approximate surface area is 79.1 Å². The van der Waals surface area contributed by atoms with Gasteiger partial charge >= 0.3 is 0 Å². The van der Waals surface area contributed by atoms with Crippen LogP contribution in [0.2, 0.25) is 0 Å². The molecule has 0 amide bonds. The lowest BCUT2D eigenvalue weighted by atomic mass is 10.1. The van der Waals surface area contributed by atoms with Gasteiger partial charge in [-0.1, -0.05) is 38.1 Å². The minimum Gasteiger partial charge on any atom is -0.298 e. The lowest BCUT2D eigenvalue weighted by Gasteiger charge is -1.97. The number of carbonyl (C=O) groups is 1. The Morgan fingerprint density at radius 2 is 2.08 bits per heavy atom. The first-order chi connectivity index (χ1) is 6.40. The van der Waals surface area contributed by atoms with Crippen LogP contribution in [0.1, 0.15) is 35.3 Å². The lowest BCUT2D eigenvalue weighted by Crippen LogP contribution is -1.84. The van der Waals surface area contributed by atoms with Gasteiger partial charge in [-0.2, -0.15) is 0 Å². The maximum absolute atomic E-state index is 10.4. The minimum absolute atomic E-state index is 0.760. The topological polar surface area (TPSA) is 17.1 Å². The minimum atomic E-state index is 0.760. The molecule has 1 aliphatic carbocycles. The van der Waals surface area contributed by atoms with Gasteiger partial charge in [0.25, 0.3) is 0 Å². The molecule has 0 aliphatic heterocycles. The number of fused-ring (bicyclic) bond motifs is 1. The fourth-order valence-electron chi connectivity index (χ4n) is 1.34. The van der Waals surface area contributed by atoms with Gasteiger partial charge in [-0.15, -0.1) is 0 Å². The summed E-state index contributed by atoms with van der Waals surface area (Å²) in [4.78, 5) is 10.4. The second-order valence-corrected chi connectivity index (χ2v) is 2.68. The molecule has 68 valence electrons. The van der Waals surface area contributed by atoms with Gasteiger partial charge in [0, 0.05) is 5.56 Å². The van der Waals surface area contributed by atoms with Crippen LogP contribution in [-0.2, 0) is 6.42 Å². The largest absolute Gasteiger partial charge is 0.298 e. The highest BCUT2D eigenvalue weighted by Gasteiger charge is 2.03. The molecule has 13 heavy (non-hydrogen) atoms. The highest BCUT2D eigenvalue weighted by molar-refractivity contribution is 5.77. The SMILES string of the molecule is CC.O=Cc1ccc2c(c1)C=CC2. The van der Waals surface area contributed by atoms with Crippen molar-refractivity contribution in [3.05, 3.63) is 41.0 Å². The summed E-state index contributed by atoms with van der Waals surface area (Å²) < 4.78 is 0. The highest BCUT2D eigenvalue weighted by atomic mass is 16.1. The number of benzene rings is 1. The van der Waals surface area contributed by atoms with E-state index in [2.05, 4.69) is 12.2 Å². The lowest BCUT2D eigenvalue weighted by molar-refractivity contribution is 0.112. The molecule has 0 saturated carbocycles. The van der Waals surface area contributed by atoms with Crippen LogP contribution in [0.25, 0.3) is 6.08 Å². The third-order valence-electron chi connectivity index (χ3n) is 1.94. The first-order valence-electron chi connectivity index (χ1n) is 4.65. The van der Waals surface area contributed by atoms with Crippen LogP contribution in [0.15, 0.2) is 24.3 Å². The van der Waals surface area contributed by atoms with Gasteiger partial charge in [-0.3, -0.25) is 4.79 Å². The van der Waals surface area contributed by atoms with Gasteiger partial charge in [-0.05, 0) is 23.6 Å². The molecule has 0 bridgehead atoms. The summed E-state index contributed by atoms with van der Waals surface area (Å²) in [6.45, 7) is 4.00. The van der Waals surface area contributed by atoms with Crippen molar-refractivity contribution in [3.8, 4) is 0 Å². The predicted molar refractivity (Wildman–Crippen MR) is 55.9 cm³/mol. The van der Waals surface area contributed by atoms with Crippen molar-refractivity contribution in [1.82, 2.24) is 0 Å². The van der Waals surface area contributed by atoms with Gasteiger partial charge < -0.3 is 0 Å². The van der Waals surface area contributed by atoms with E-state index < -0.39 is 0 Å². The monoisotopic (exact) mass is 174 g/mol. The van der Waals surface area contributed by atoms with Crippen LogP contribution < -0.4 is 0 Å². The van der Waals surface area contributed by atoms with E-state index in [1.807, 2.05) is 32.0 Å². The number of carbonyl (C=O) groups excluding carboxylic acids is 1. The van der Waals surface area contributed by atoms with E-state index in [4.69, 9.17) is 0 Å². The Hall–Kier alpha value is -1.37. The second-order valence-electron chi connectivity index (χ2n) is 2.68. The standard InChI is InChI=1S/C10H8O.C2H6/c11-7-8-4-5-9-2-1-3-10(9)6-8;1-2/h1,3-7H,2H2;1-2H3. The van der Waals surface area contributed by atoms with Crippen molar-refractivity contribution in [3.63, 3.8) is 0 Å². The quantitative estimate of drug-likeness (QED) is 0.598. The summed E-state index contributed by atoms with van der Waals surface area (Å²) in [5.74, 6) is 0. The molecular weight excluding hydrogens is 160 g/mol. The molecule has 0 spiro atoms. The third kappa shape index (κ3) is 2.05. The Morgan fingerprint density at radius 3 is 2.77 bits per heavy atom. The van der Waals surface area contributed by atoms with Crippen molar-refractivity contribution in [2.24, 2.45) is 0 Å². The average molecular weight is 174 g/mol. The highest BCUT2D eigenvalue weighted by Crippen LogP contribution is 2.19. The number of hydrogen-bond donors (Lipinski definition) is 0. The fourth-order valence-corrected chi connectivity index (χ4v) is 1.34. The molecule has 1 nitrogen and oxygen atoms in total. The van der Waals surface area contributed by atoms with Crippen LogP contribution in [0.4, 0.5) is 0 Å². The summed E-state index contributed by atoms with van der Waals surface area (Å²) in [7, 11) is 0. The summed E-state index contributed by atoms with van der Waals surface area (Å²) in [6, 6.07) is 5.80. The molecular formula is C12H14O. The average Bonchev–Trinajstić information content (AvgIpc) is 2.67. The Morgan fingerprint density at radius 1 is 1.31 bits per heavy atom. The van der Waals surface area contributed by atoms with E-state index in [0.717, 1.165) is 18.3 Å². The molecule has 1 aliphatic rings. The smallest absolute Gasteiger partial charge is 0.150 e. The van der Waals surface area contributed by atoms with E-state index in [0.29, 0.717) is 0 Å². The van der Waals surface area contributed by atoms with Gasteiger partial charge in [-0.25, -0.2) is 0 Å². The molecule has 0 saturated heterocycles. The first kappa shape index (κ1) is 9.72. The van der Waals surface area contributed by atoms with E-state index in [1.165, 1.54) is 11.1 Å². The fraction of sp³-hybridized carbons (Fsp3) is 0.250. The number of allylic oxidation sites excluding steroid dienone is 1. The molecule has 0 unspecified atom stereocenters. The van der Waals surface area contributed by atoms with Crippen molar-refractivity contribution in [1.29, 1.82) is 0 Å². The second kappa shape index (κ2) is 4.61. The van der Waals surface area contributed by atoms with E-state index >= 15 is 0 Å². The van der Waals surface area contributed by atoms with Crippen LogP contribution in [0.5, 0.6) is 0 Å². The summed E-state index contributed by atoms with van der Waals surface area (Å²) in [5, 5.41) is 0. The summed E-state index contributed by atoms with van der Waals surface area (Å²) >= 11 is 0. The summed E-state index contributed by atoms with van der Waals surface area (Å²) in [5.41, 5.74) is 3.26. The van der Waals surface area contributed by atoms with Crippen LogP contribution >= 0.6 is 0 Å². The molecule has 1 heteroatoms. The summed E-state index contributed by atoms with van der Waals surface area (Å²) in [6.07, 6.45) is 6.06. The maximum Gasteiger partial charge on any atom is 0.150 e. The molecule has 1 aromatic carbocycles. The zero-order valence-electron chi connectivity index (χ0n) is 8.08. The maximum atomic E-state index is 10.4. The normalized spacial score (nSPS) is 11.5. The molecule has 0 fully saturated rings. The van der Waals surface area contributed by atoms with Crippen LogP contribution in [0, 0.1) is 0 Å². The van der Waals surface area contributed by atoms with E-state index in [1.54, 1.807) is 0 Å². The number of aldehydes is 1. The first-order valence-corrected chi connectivity index (χ1v) is 4.65. The van der Waals surface area contributed by atoms with Crippen molar-refractivity contribution in [2.45, 2.75) is 20.3 Å². The van der Waals surface area contributed by atoms with Gasteiger partial charge in [0.2, 0.25) is 0 Å². The number of hydrogen-bond acceptors (Lipinski definition) is 1. The van der Waals surface area contributed by atoms with Crippen molar-refractivity contribution in [2.75, 3.05) is 0 Å². The molecule has 0 N–H and O–H groups in total. The number of rotatable bonds is 1. The third-order valence-corrected chi connectivity index (χ3v) is 1.94. The zero-order valence-corrected chi connectivity index (χ0v) is 8.08. The van der Waals surface area contributed by atoms with Crippen LogP contribution in [-0.4, -0.2) is 6.29 Å². The van der Waals surface area contributed by atoms with Crippen molar-refractivity contribution < 1.29 is 4.79 Å². The molecule has 1 aromatic rings. The van der Waals surface area contributed by atoms with Gasteiger partial charge in [0.15, 0.2) is 0 Å². The van der Waals surface area contributed by atoms with Crippen LogP contribution in [0.3, 0.4) is 0 Å².